The topological polar surface area (TPSA) is 85.8 Å². The molecule has 3 aromatic carbocycles. The molecule has 0 radical (unpaired) electrons. The predicted octanol–water partition coefficient (Wildman–Crippen LogP) is 7.07. The highest BCUT2D eigenvalue weighted by Gasteiger charge is 2.32. The standard InChI is InChI=1S/C34H27Cl2N3O4S/c1-18-5-13-27(19(2)15-18)38-32(40)30-20(3)37-34-39(31(30)21-6-9-23(42-4)10-7-21)33(41)29(44-34)17-24-11-14-28(43-24)25-12-8-22(35)16-26(25)36/h5-17,31H,1-4H3,(H,38,40)/b29-17-/t31-/m0/s1. The zero-order valence-corrected chi connectivity index (χ0v) is 26.6. The quantitative estimate of drug-likeness (QED) is 0.214. The molecule has 3 heterocycles. The van der Waals surface area contributed by atoms with E-state index < -0.39 is 6.04 Å². The lowest BCUT2D eigenvalue weighted by Gasteiger charge is -2.25. The molecule has 0 saturated heterocycles. The zero-order chi connectivity index (χ0) is 31.1. The third-order valence-electron chi connectivity index (χ3n) is 7.42. The Bertz CT molecular complexity index is 2140. The molecular formula is C34H27Cl2N3O4S. The molecule has 10 heteroatoms. The van der Waals surface area contributed by atoms with Crippen LogP contribution in [-0.4, -0.2) is 17.6 Å². The number of anilines is 1. The van der Waals surface area contributed by atoms with Crippen molar-refractivity contribution < 1.29 is 13.9 Å². The van der Waals surface area contributed by atoms with E-state index in [1.165, 1.54) is 11.3 Å². The number of ether oxygens (including phenoxy) is 1. The number of thiazole rings is 1. The van der Waals surface area contributed by atoms with Crippen molar-refractivity contribution in [2.24, 2.45) is 4.99 Å². The number of aryl methyl sites for hydroxylation is 2. The predicted molar refractivity (Wildman–Crippen MR) is 175 cm³/mol. The number of nitrogens with zero attached hydrogens (tertiary/aromatic N) is 2. The molecule has 1 amide bonds. The van der Waals surface area contributed by atoms with Gasteiger partial charge in [0.1, 0.15) is 17.3 Å². The Labute approximate surface area is 267 Å². The first-order chi connectivity index (χ1) is 21.1. The summed E-state index contributed by atoms with van der Waals surface area (Å²) in [4.78, 5) is 33.2. The highest BCUT2D eigenvalue weighted by atomic mass is 35.5. The van der Waals surface area contributed by atoms with Gasteiger partial charge in [0, 0.05) is 22.3 Å². The molecule has 0 spiro atoms. The van der Waals surface area contributed by atoms with Gasteiger partial charge in [-0.15, -0.1) is 0 Å². The molecule has 1 atom stereocenters. The SMILES string of the molecule is COc1ccc([C@H]2C(C(=O)Nc3ccc(C)cc3C)=C(C)N=c3s/c(=C\c4ccc(-c5ccc(Cl)cc5Cl)o4)c(=O)n32)cc1. The fourth-order valence-corrected chi connectivity index (χ4v) is 6.78. The van der Waals surface area contributed by atoms with Crippen LogP contribution in [-0.2, 0) is 4.79 Å². The van der Waals surface area contributed by atoms with Crippen LogP contribution in [0.5, 0.6) is 5.75 Å². The number of amides is 1. The number of rotatable bonds is 6. The average molecular weight is 645 g/mol. The second kappa shape index (κ2) is 12.0. The van der Waals surface area contributed by atoms with E-state index in [0.29, 0.717) is 59.2 Å². The number of furan rings is 1. The smallest absolute Gasteiger partial charge is 0.271 e. The molecule has 2 aromatic heterocycles. The lowest BCUT2D eigenvalue weighted by Crippen LogP contribution is -2.40. The van der Waals surface area contributed by atoms with Crippen LogP contribution >= 0.6 is 34.5 Å². The number of halogens is 2. The van der Waals surface area contributed by atoms with Gasteiger partial charge in [-0.2, -0.15) is 0 Å². The number of methoxy groups -OCH3 is 1. The molecule has 222 valence electrons. The Morgan fingerprint density at radius 2 is 1.80 bits per heavy atom. The summed E-state index contributed by atoms with van der Waals surface area (Å²) < 4.78 is 13.4. The van der Waals surface area contributed by atoms with Crippen LogP contribution in [0.2, 0.25) is 10.0 Å². The summed E-state index contributed by atoms with van der Waals surface area (Å²) in [5, 5.41) is 4.03. The van der Waals surface area contributed by atoms with E-state index in [0.717, 1.165) is 16.7 Å². The number of aromatic nitrogens is 1. The van der Waals surface area contributed by atoms with E-state index in [1.807, 2.05) is 56.3 Å². The van der Waals surface area contributed by atoms with Gasteiger partial charge in [0.15, 0.2) is 4.80 Å². The van der Waals surface area contributed by atoms with E-state index in [9.17, 15) is 9.59 Å². The number of hydrogen-bond donors (Lipinski definition) is 1. The zero-order valence-electron chi connectivity index (χ0n) is 24.3. The van der Waals surface area contributed by atoms with Crippen molar-refractivity contribution in [1.82, 2.24) is 4.57 Å². The van der Waals surface area contributed by atoms with E-state index in [4.69, 9.17) is 37.3 Å². The minimum Gasteiger partial charge on any atom is -0.497 e. The molecule has 0 saturated carbocycles. The molecule has 0 unspecified atom stereocenters. The lowest BCUT2D eigenvalue weighted by atomic mass is 9.95. The van der Waals surface area contributed by atoms with Gasteiger partial charge in [-0.05, 0) is 80.4 Å². The van der Waals surface area contributed by atoms with Crippen LogP contribution in [0.1, 0.15) is 35.4 Å². The van der Waals surface area contributed by atoms with E-state index >= 15 is 0 Å². The Balaban J connectivity index is 1.45. The number of carbonyl (C=O) groups excluding carboxylic acids is 1. The maximum absolute atomic E-state index is 14.0. The molecule has 1 aliphatic heterocycles. The first kappa shape index (κ1) is 29.7. The number of hydrogen-bond acceptors (Lipinski definition) is 6. The summed E-state index contributed by atoms with van der Waals surface area (Å²) in [6.07, 6.45) is 1.68. The van der Waals surface area contributed by atoms with E-state index in [-0.39, 0.29) is 11.5 Å². The number of fused-ring (bicyclic) bond motifs is 1. The normalized spacial score (nSPS) is 14.8. The monoisotopic (exact) mass is 643 g/mol. The maximum atomic E-state index is 14.0. The van der Waals surface area contributed by atoms with Crippen molar-refractivity contribution >= 4 is 52.2 Å². The van der Waals surface area contributed by atoms with Gasteiger partial charge in [0.2, 0.25) is 0 Å². The van der Waals surface area contributed by atoms with Crippen LogP contribution in [0.25, 0.3) is 17.4 Å². The summed E-state index contributed by atoms with van der Waals surface area (Å²) in [6, 6.07) is 21.2. The van der Waals surface area contributed by atoms with Gasteiger partial charge < -0.3 is 14.5 Å². The molecule has 7 nitrogen and oxygen atoms in total. The summed E-state index contributed by atoms with van der Waals surface area (Å²) in [7, 11) is 1.59. The first-order valence-corrected chi connectivity index (χ1v) is 15.3. The first-order valence-electron chi connectivity index (χ1n) is 13.7. The molecule has 1 N–H and O–H groups in total. The second-order valence-electron chi connectivity index (χ2n) is 10.5. The third kappa shape index (κ3) is 5.64. The van der Waals surface area contributed by atoms with Gasteiger partial charge in [-0.1, -0.05) is 64.4 Å². The Kier molecular flexibility index (Phi) is 8.07. The molecule has 1 aliphatic rings. The van der Waals surface area contributed by atoms with Crippen molar-refractivity contribution in [1.29, 1.82) is 0 Å². The summed E-state index contributed by atoms with van der Waals surface area (Å²) >= 11 is 13.7. The average Bonchev–Trinajstić information content (AvgIpc) is 3.57. The van der Waals surface area contributed by atoms with Crippen molar-refractivity contribution in [3.8, 4) is 17.1 Å². The van der Waals surface area contributed by atoms with Gasteiger partial charge in [0.25, 0.3) is 11.5 Å². The number of allylic oxidation sites excluding steroid dienone is 1. The van der Waals surface area contributed by atoms with Crippen LogP contribution in [0.15, 0.2) is 98.3 Å². The largest absolute Gasteiger partial charge is 0.497 e. The molecule has 0 fully saturated rings. The number of carbonyl (C=O) groups is 1. The number of benzene rings is 3. The Morgan fingerprint density at radius 1 is 1.02 bits per heavy atom. The highest BCUT2D eigenvalue weighted by Crippen LogP contribution is 2.33. The molecule has 6 rings (SSSR count). The maximum Gasteiger partial charge on any atom is 0.271 e. The van der Waals surface area contributed by atoms with Gasteiger partial charge >= 0.3 is 0 Å². The fraction of sp³-hybridized carbons (Fsp3) is 0.147. The van der Waals surface area contributed by atoms with Gasteiger partial charge in [-0.25, -0.2) is 4.99 Å². The summed E-state index contributed by atoms with van der Waals surface area (Å²) in [6.45, 7) is 5.74. The minimum atomic E-state index is -0.718. The molecular weight excluding hydrogens is 617 g/mol. The Hall–Kier alpha value is -4.37. The van der Waals surface area contributed by atoms with E-state index in [2.05, 4.69) is 5.32 Å². The van der Waals surface area contributed by atoms with Crippen molar-refractivity contribution in [2.75, 3.05) is 12.4 Å². The summed E-state index contributed by atoms with van der Waals surface area (Å²) in [5.74, 6) is 1.35. The van der Waals surface area contributed by atoms with Crippen LogP contribution in [0.4, 0.5) is 5.69 Å². The number of nitrogens with one attached hydrogen (secondary N) is 1. The van der Waals surface area contributed by atoms with Crippen LogP contribution in [0, 0.1) is 13.8 Å². The van der Waals surface area contributed by atoms with Gasteiger partial charge in [-0.3, -0.25) is 14.2 Å². The fourth-order valence-electron chi connectivity index (χ4n) is 5.25. The highest BCUT2D eigenvalue weighted by molar-refractivity contribution is 7.07. The second-order valence-corrected chi connectivity index (χ2v) is 12.3. The molecule has 0 bridgehead atoms. The van der Waals surface area contributed by atoms with Crippen LogP contribution in [0.3, 0.4) is 0 Å². The molecule has 44 heavy (non-hydrogen) atoms. The van der Waals surface area contributed by atoms with E-state index in [1.54, 1.807) is 55.0 Å². The lowest BCUT2D eigenvalue weighted by molar-refractivity contribution is -0.113. The third-order valence-corrected chi connectivity index (χ3v) is 8.96. The van der Waals surface area contributed by atoms with Gasteiger partial charge in [0.05, 0.1) is 34.0 Å². The van der Waals surface area contributed by atoms with Crippen molar-refractivity contribution in [3.05, 3.63) is 136 Å². The van der Waals surface area contributed by atoms with Crippen molar-refractivity contribution in [3.63, 3.8) is 0 Å². The Morgan fingerprint density at radius 3 is 2.50 bits per heavy atom. The van der Waals surface area contributed by atoms with Crippen molar-refractivity contribution in [2.45, 2.75) is 26.8 Å². The molecule has 0 aliphatic carbocycles. The minimum absolute atomic E-state index is 0.290. The summed E-state index contributed by atoms with van der Waals surface area (Å²) in [5.41, 5.74) is 4.78. The molecule has 5 aromatic rings. The van der Waals surface area contributed by atoms with Crippen LogP contribution < -0.4 is 24.9 Å².